The lowest BCUT2D eigenvalue weighted by atomic mass is 10.0. The molecule has 0 aromatic carbocycles. The molecule has 3 N–H and O–H groups in total. The number of aliphatic hydroxyl groups is 1. The lowest BCUT2D eigenvalue weighted by Crippen LogP contribution is -2.30. The Bertz CT molecular complexity index is 1800. The maximum Gasteiger partial charge on any atom is 0.472 e. The molecule has 91 heavy (non-hydrogen) atoms. The van der Waals surface area contributed by atoms with E-state index in [-0.39, 0.29) is 25.7 Å². The quantitative estimate of drug-likeness (QED) is 0.0222. The van der Waals surface area contributed by atoms with Gasteiger partial charge in [-0.3, -0.25) is 37.3 Å². The highest BCUT2D eigenvalue weighted by Gasteiger charge is 2.30. The summed E-state index contributed by atoms with van der Waals surface area (Å²) >= 11 is 0. The predicted octanol–water partition coefficient (Wildman–Crippen LogP) is 20.5. The van der Waals surface area contributed by atoms with E-state index in [1.807, 2.05) is 0 Å². The molecule has 0 spiro atoms. The Kier molecular flexibility index (Phi) is 60.3. The van der Waals surface area contributed by atoms with Crippen LogP contribution in [0.3, 0.4) is 0 Å². The van der Waals surface area contributed by atoms with Gasteiger partial charge in [-0.15, -0.1) is 0 Å². The third-order valence-corrected chi connectivity index (χ3v) is 18.5. The van der Waals surface area contributed by atoms with Gasteiger partial charge >= 0.3 is 39.5 Å². The second kappa shape index (κ2) is 61.6. The van der Waals surface area contributed by atoms with Gasteiger partial charge in [0.2, 0.25) is 0 Å². The van der Waals surface area contributed by atoms with Gasteiger partial charge in [-0.25, -0.2) is 9.13 Å². The minimum absolute atomic E-state index is 0.102. The van der Waals surface area contributed by atoms with E-state index in [4.69, 9.17) is 37.0 Å². The van der Waals surface area contributed by atoms with Crippen LogP contribution in [0.1, 0.15) is 357 Å². The zero-order chi connectivity index (χ0) is 67.5. The minimum Gasteiger partial charge on any atom is -0.462 e. The molecule has 17 nitrogen and oxygen atoms in total. The molecule has 0 aromatic heterocycles. The smallest absolute Gasteiger partial charge is 0.462 e. The Morgan fingerprint density at radius 3 is 0.681 bits per heavy atom. The summed E-state index contributed by atoms with van der Waals surface area (Å²) in [6, 6.07) is 0. The summed E-state index contributed by atoms with van der Waals surface area (Å²) in [5.41, 5.74) is 0. The normalized spacial score (nSPS) is 14.2. The number of hydrogen-bond donors (Lipinski definition) is 3. The molecule has 0 fully saturated rings. The van der Waals surface area contributed by atoms with E-state index in [0.717, 1.165) is 108 Å². The highest BCUT2D eigenvalue weighted by molar-refractivity contribution is 7.47. The predicted molar refractivity (Wildman–Crippen MR) is 367 cm³/mol. The number of phosphoric ester groups is 2. The first kappa shape index (κ1) is 89.1. The molecule has 0 radical (unpaired) electrons. The number of rotatable bonds is 69. The number of phosphoric acid groups is 2. The number of ether oxygens (including phenoxy) is 4. The van der Waals surface area contributed by atoms with Crippen LogP contribution in [-0.2, 0) is 65.4 Å². The lowest BCUT2D eigenvalue weighted by Gasteiger charge is -2.21. The van der Waals surface area contributed by atoms with Crippen LogP contribution < -0.4 is 0 Å². The molecular weight excluding hydrogens is 1200 g/mol. The first-order valence-electron chi connectivity index (χ1n) is 37.2. The molecule has 0 aliphatic rings. The van der Waals surface area contributed by atoms with Crippen molar-refractivity contribution in [2.45, 2.75) is 375 Å². The molecule has 0 heterocycles. The van der Waals surface area contributed by atoms with Crippen molar-refractivity contribution in [1.82, 2.24) is 0 Å². The van der Waals surface area contributed by atoms with Crippen molar-refractivity contribution < 1.29 is 80.2 Å². The van der Waals surface area contributed by atoms with Gasteiger partial charge in [0.25, 0.3) is 0 Å². The number of carbonyl (C=O) groups excluding carboxylic acids is 4. The van der Waals surface area contributed by atoms with Crippen molar-refractivity contribution >= 4 is 39.5 Å². The van der Waals surface area contributed by atoms with Crippen molar-refractivity contribution in [1.29, 1.82) is 0 Å². The van der Waals surface area contributed by atoms with Gasteiger partial charge in [0, 0.05) is 25.7 Å². The van der Waals surface area contributed by atoms with Crippen molar-refractivity contribution in [2.75, 3.05) is 39.6 Å². The zero-order valence-electron chi connectivity index (χ0n) is 59.5. The van der Waals surface area contributed by atoms with Gasteiger partial charge in [-0.05, 0) is 49.4 Å². The first-order valence-corrected chi connectivity index (χ1v) is 40.2. The van der Waals surface area contributed by atoms with Gasteiger partial charge in [-0.1, -0.05) is 306 Å². The summed E-state index contributed by atoms with van der Waals surface area (Å²) in [7, 11) is -9.90. The molecular formula is C72H140O17P2. The second-order valence-electron chi connectivity index (χ2n) is 27.9. The van der Waals surface area contributed by atoms with Crippen LogP contribution in [-0.4, -0.2) is 96.7 Å². The van der Waals surface area contributed by atoms with Crippen LogP contribution in [0.5, 0.6) is 0 Å². The third kappa shape index (κ3) is 66.5. The van der Waals surface area contributed by atoms with E-state index in [1.165, 1.54) is 154 Å². The molecule has 0 saturated carbocycles. The van der Waals surface area contributed by atoms with E-state index in [0.29, 0.717) is 37.5 Å². The van der Waals surface area contributed by atoms with Crippen LogP contribution in [0.25, 0.3) is 0 Å². The SMILES string of the molecule is CC(C)CCCCCCCCCCCCCCCCCC(=O)OC[C@H](COP(=O)(O)OC[C@@H](O)COP(=O)(O)OC[C@@H](COC(=O)CCCCCCCCC(C)C)OC(=O)CCCCCCCCCCCCCCC(C)C)OC(=O)CCCCCCCCC(C)C. The van der Waals surface area contributed by atoms with Crippen molar-refractivity contribution in [2.24, 2.45) is 23.7 Å². The van der Waals surface area contributed by atoms with E-state index < -0.39 is 97.5 Å². The van der Waals surface area contributed by atoms with Gasteiger partial charge in [0.05, 0.1) is 26.4 Å². The molecule has 540 valence electrons. The summed E-state index contributed by atoms with van der Waals surface area (Å²) in [5.74, 6) is 0.799. The molecule has 0 rings (SSSR count). The zero-order valence-corrected chi connectivity index (χ0v) is 61.3. The Hall–Kier alpha value is -1.94. The standard InChI is InChI=1S/C72H140O17P2/c1-62(2)48-40-32-24-20-16-12-10-9-11-13-18-22-26-36-44-52-69(74)82-58-68(89-72(77)55-47-39-31-29-35-43-51-65(7)8)61-87-91(80,81)85-57-66(73)56-84-90(78,79)86-60-67(59-83-70(75)53-45-37-30-28-34-42-50-64(5)6)88-71(76)54-46-38-27-23-19-15-14-17-21-25-33-41-49-63(3)4/h62-68,73H,9-61H2,1-8H3,(H,78,79)(H,80,81)/t66-,67+,68+/m0/s1. The van der Waals surface area contributed by atoms with Crippen LogP contribution in [0.4, 0.5) is 0 Å². The van der Waals surface area contributed by atoms with E-state index in [2.05, 4.69) is 55.4 Å². The van der Waals surface area contributed by atoms with Crippen LogP contribution in [0.2, 0.25) is 0 Å². The maximum absolute atomic E-state index is 13.0. The summed E-state index contributed by atoms with van der Waals surface area (Å²) < 4.78 is 68.3. The van der Waals surface area contributed by atoms with Crippen LogP contribution in [0.15, 0.2) is 0 Å². The summed E-state index contributed by atoms with van der Waals surface area (Å²) in [6.45, 7) is 14.0. The molecule has 0 amide bonds. The summed E-state index contributed by atoms with van der Waals surface area (Å²) in [5, 5.41) is 10.6. The van der Waals surface area contributed by atoms with Crippen molar-refractivity contribution in [3.8, 4) is 0 Å². The lowest BCUT2D eigenvalue weighted by molar-refractivity contribution is -0.161. The third-order valence-electron chi connectivity index (χ3n) is 16.6. The molecule has 0 aliphatic heterocycles. The molecule has 0 aromatic rings. The van der Waals surface area contributed by atoms with Crippen molar-refractivity contribution in [3.05, 3.63) is 0 Å². The molecule has 0 saturated heterocycles. The molecule has 19 heteroatoms. The Balaban J connectivity index is 5.16. The van der Waals surface area contributed by atoms with Crippen molar-refractivity contribution in [3.63, 3.8) is 0 Å². The van der Waals surface area contributed by atoms with Gasteiger partial charge in [0.1, 0.15) is 19.3 Å². The molecule has 5 atom stereocenters. The highest BCUT2D eigenvalue weighted by atomic mass is 31.2. The maximum atomic E-state index is 13.0. The van der Waals surface area contributed by atoms with E-state index >= 15 is 0 Å². The Labute approximate surface area is 556 Å². The molecule has 2 unspecified atom stereocenters. The fourth-order valence-electron chi connectivity index (χ4n) is 10.8. The number of hydrogen-bond acceptors (Lipinski definition) is 15. The van der Waals surface area contributed by atoms with Crippen LogP contribution in [0, 0.1) is 23.7 Å². The Morgan fingerprint density at radius 2 is 0.462 bits per heavy atom. The average molecular weight is 1340 g/mol. The molecule has 0 bridgehead atoms. The fraction of sp³-hybridized carbons (Fsp3) is 0.944. The Morgan fingerprint density at radius 1 is 0.275 bits per heavy atom. The highest BCUT2D eigenvalue weighted by Crippen LogP contribution is 2.45. The number of esters is 4. The van der Waals surface area contributed by atoms with Gasteiger partial charge < -0.3 is 33.8 Å². The second-order valence-corrected chi connectivity index (χ2v) is 30.8. The molecule has 0 aliphatic carbocycles. The van der Waals surface area contributed by atoms with Crippen LogP contribution >= 0.6 is 15.6 Å². The summed E-state index contributed by atoms with van der Waals surface area (Å²) in [6.07, 6.45) is 44.8. The number of unbranched alkanes of at least 4 members (excludes halogenated alkanes) is 35. The topological polar surface area (TPSA) is 237 Å². The monoisotopic (exact) mass is 1340 g/mol. The number of aliphatic hydroxyl groups excluding tert-OH is 1. The average Bonchev–Trinajstić information content (AvgIpc) is 3.60. The van der Waals surface area contributed by atoms with E-state index in [9.17, 15) is 43.2 Å². The number of carbonyl (C=O) groups is 4. The van der Waals surface area contributed by atoms with Gasteiger partial charge in [-0.2, -0.15) is 0 Å². The first-order chi connectivity index (χ1) is 43.6. The largest absolute Gasteiger partial charge is 0.472 e. The van der Waals surface area contributed by atoms with Gasteiger partial charge in [0.15, 0.2) is 12.2 Å². The van der Waals surface area contributed by atoms with E-state index in [1.54, 1.807) is 0 Å². The fourth-order valence-corrected chi connectivity index (χ4v) is 12.4. The minimum atomic E-state index is -4.95. The summed E-state index contributed by atoms with van der Waals surface area (Å²) in [4.78, 5) is 72.5.